The van der Waals surface area contributed by atoms with E-state index < -0.39 is 0 Å². The van der Waals surface area contributed by atoms with E-state index in [0.717, 1.165) is 12.2 Å². The van der Waals surface area contributed by atoms with Gasteiger partial charge in [0.05, 0.1) is 5.69 Å². The zero-order chi connectivity index (χ0) is 10.7. The van der Waals surface area contributed by atoms with E-state index in [9.17, 15) is 0 Å². The summed E-state index contributed by atoms with van der Waals surface area (Å²) < 4.78 is 1.88. The van der Waals surface area contributed by atoms with Gasteiger partial charge in [-0.05, 0) is 24.2 Å². The monoisotopic (exact) mass is 201 g/mol. The fourth-order valence-electron chi connectivity index (χ4n) is 1.65. The van der Waals surface area contributed by atoms with E-state index in [-0.39, 0.29) is 0 Å². The van der Waals surface area contributed by atoms with Crippen molar-refractivity contribution in [1.82, 2.24) is 15.1 Å². The first-order valence-corrected chi connectivity index (χ1v) is 5.03. The molecular formula is C12H15N3. The van der Waals surface area contributed by atoms with E-state index >= 15 is 0 Å². The molecule has 0 amide bonds. The smallest absolute Gasteiger partial charge is 0.0678 e. The highest BCUT2D eigenvalue weighted by Crippen LogP contribution is 2.18. The highest BCUT2D eigenvalue weighted by atomic mass is 15.2. The van der Waals surface area contributed by atoms with Crippen LogP contribution in [-0.4, -0.2) is 16.8 Å². The van der Waals surface area contributed by atoms with Crippen molar-refractivity contribution in [3.63, 3.8) is 0 Å². The van der Waals surface area contributed by atoms with Gasteiger partial charge in [0, 0.05) is 19.8 Å². The molecule has 0 saturated carbocycles. The lowest BCUT2D eigenvalue weighted by atomic mass is 10.1. The predicted octanol–water partition coefficient (Wildman–Crippen LogP) is 1.81. The van der Waals surface area contributed by atoms with Gasteiger partial charge in [-0.3, -0.25) is 4.68 Å². The lowest BCUT2D eigenvalue weighted by Gasteiger charge is -2.04. The lowest BCUT2D eigenvalue weighted by molar-refractivity contribution is 0.775. The molecule has 3 heteroatoms. The van der Waals surface area contributed by atoms with Crippen LogP contribution < -0.4 is 5.32 Å². The molecule has 78 valence electrons. The van der Waals surface area contributed by atoms with Crippen LogP contribution in [-0.2, 0) is 13.6 Å². The molecule has 0 fully saturated rings. The van der Waals surface area contributed by atoms with Gasteiger partial charge < -0.3 is 5.32 Å². The Labute approximate surface area is 89.7 Å². The third-order valence-corrected chi connectivity index (χ3v) is 2.45. The van der Waals surface area contributed by atoms with Gasteiger partial charge in [-0.2, -0.15) is 5.10 Å². The minimum atomic E-state index is 0.908. The van der Waals surface area contributed by atoms with E-state index in [1.54, 1.807) is 0 Å². The van der Waals surface area contributed by atoms with Gasteiger partial charge in [0.2, 0.25) is 0 Å². The van der Waals surface area contributed by atoms with Crippen LogP contribution in [0.4, 0.5) is 0 Å². The summed E-state index contributed by atoms with van der Waals surface area (Å²) in [4.78, 5) is 0. The summed E-state index contributed by atoms with van der Waals surface area (Å²) in [5.41, 5.74) is 3.64. The molecule has 0 spiro atoms. The average molecular weight is 201 g/mol. The molecule has 1 aromatic heterocycles. The van der Waals surface area contributed by atoms with E-state index in [4.69, 9.17) is 0 Å². The van der Waals surface area contributed by atoms with Crippen LogP contribution in [0.15, 0.2) is 36.5 Å². The molecule has 0 aliphatic rings. The normalized spacial score (nSPS) is 10.5. The molecule has 1 heterocycles. The number of nitrogens with zero attached hydrogens (tertiary/aromatic N) is 2. The van der Waals surface area contributed by atoms with Crippen molar-refractivity contribution in [3.05, 3.63) is 42.1 Å². The number of aryl methyl sites for hydroxylation is 1. The van der Waals surface area contributed by atoms with Crippen molar-refractivity contribution in [2.75, 3.05) is 7.05 Å². The van der Waals surface area contributed by atoms with Crippen LogP contribution in [0.3, 0.4) is 0 Å². The number of hydrogen-bond acceptors (Lipinski definition) is 2. The Hall–Kier alpha value is -1.61. The number of hydrogen-bond donors (Lipinski definition) is 1. The Kier molecular flexibility index (Phi) is 2.83. The van der Waals surface area contributed by atoms with Crippen molar-refractivity contribution in [2.45, 2.75) is 6.54 Å². The fraction of sp³-hybridized carbons (Fsp3) is 0.250. The van der Waals surface area contributed by atoms with Crippen LogP contribution in [0, 0.1) is 0 Å². The summed E-state index contributed by atoms with van der Waals surface area (Å²) >= 11 is 0. The topological polar surface area (TPSA) is 29.9 Å². The molecule has 2 rings (SSSR count). The second kappa shape index (κ2) is 4.28. The van der Waals surface area contributed by atoms with E-state index in [1.807, 2.05) is 31.0 Å². The maximum Gasteiger partial charge on any atom is 0.0678 e. The van der Waals surface area contributed by atoms with Crippen molar-refractivity contribution >= 4 is 0 Å². The van der Waals surface area contributed by atoms with E-state index in [2.05, 4.69) is 34.7 Å². The maximum absolute atomic E-state index is 4.16. The molecule has 0 aliphatic heterocycles. The average Bonchev–Trinajstić information content (AvgIpc) is 2.66. The molecular weight excluding hydrogens is 186 g/mol. The molecule has 0 aliphatic carbocycles. The highest BCUT2D eigenvalue weighted by Gasteiger charge is 2.01. The van der Waals surface area contributed by atoms with Gasteiger partial charge in [0.25, 0.3) is 0 Å². The van der Waals surface area contributed by atoms with Crippen molar-refractivity contribution in [3.8, 4) is 11.3 Å². The van der Waals surface area contributed by atoms with Crippen LogP contribution in [0.1, 0.15) is 5.56 Å². The number of aromatic nitrogens is 2. The largest absolute Gasteiger partial charge is 0.316 e. The van der Waals surface area contributed by atoms with Crippen molar-refractivity contribution < 1.29 is 0 Å². The molecule has 2 aromatic rings. The predicted molar refractivity (Wildman–Crippen MR) is 61.4 cm³/mol. The summed E-state index contributed by atoms with van der Waals surface area (Å²) in [5.74, 6) is 0. The van der Waals surface area contributed by atoms with Gasteiger partial charge in [0.1, 0.15) is 0 Å². The number of rotatable bonds is 3. The van der Waals surface area contributed by atoms with Gasteiger partial charge in [-0.25, -0.2) is 0 Å². The van der Waals surface area contributed by atoms with Gasteiger partial charge in [0.15, 0.2) is 0 Å². The zero-order valence-corrected chi connectivity index (χ0v) is 9.07. The second-order valence-electron chi connectivity index (χ2n) is 3.57. The van der Waals surface area contributed by atoms with Crippen LogP contribution in [0.25, 0.3) is 11.3 Å². The Morgan fingerprint density at radius 3 is 2.47 bits per heavy atom. The highest BCUT2D eigenvalue weighted by molar-refractivity contribution is 5.59. The fourth-order valence-corrected chi connectivity index (χ4v) is 1.65. The first-order chi connectivity index (χ1) is 7.31. The zero-order valence-electron chi connectivity index (χ0n) is 9.07. The molecule has 3 nitrogen and oxygen atoms in total. The summed E-state index contributed by atoms with van der Waals surface area (Å²) in [6, 6.07) is 10.6. The maximum atomic E-state index is 4.16. The van der Waals surface area contributed by atoms with Crippen molar-refractivity contribution in [2.24, 2.45) is 7.05 Å². The molecule has 0 radical (unpaired) electrons. The number of nitrogens with one attached hydrogen (secondary N) is 1. The summed E-state index contributed by atoms with van der Waals surface area (Å²) in [6.07, 6.45) is 1.82. The molecule has 0 bridgehead atoms. The number of benzene rings is 1. The molecule has 0 saturated heterocycles. The summed E-state index contributed by atoms with van der Waals surface area (Å²) in [5, 5.41) is 7.29. The van der Waals surface area contributed by atoms with Gasteiger partial charge in [-0.15, -0.1) is 0 Å². The van der Waals surface area contributed by atoms with Crippen LogP contribution >= 0.6 is 0 Å². The molecule has 0 atom stereocenters. The first kappa shape index (κ1) is 9.93. The Bertz CT molecular complexity index is 428. The quantitative estimate of drug-likeness (QED) is 0.820. The van der Waals surface area contributed by atoms with E-state index in [0.29, 0.717) is 0 Å². The minimum Gasteiger partial charge on any atom is -0.316 e. The lowest BCUT2D eigenvalue weighted by Crippen LogP contribution is -2.04. The Morgan fingerprint density at radius 2 is 1.93 bits per heavy atom. The minimum absolute atomic E-state index is 0.908. The van der Waals surface area contributed by atoms with Gasteiger partial charge in [-0.1, -0.05) is 24.3 Å². The van der Waals surface area contributed by atoms with Crippen LogP contribution in [0.2, 0.25) is 0 Å². The third kappa shape index (κ3) is 2.07. The van der Waals surface area contributed by atoms with Gasteiger partial charge >= 0.3 is 0 Å². The molecule has 15 heavy (non-hydrogen) atoms. The SMILES string of the molecule is CNCc1ccc(-c2ccnn2C)cc1. The molecule has 0 unspecified atom stereocenters. The van der Waals surface area contributed by atoms with E-state index in [1.165, 1.54) is 11.1 Å². The summed E-state index contributed by atoms with van der Waals surface area (Å²) in [6.45, 7) is 0.908. The molecule has 1 N–H and O–H groups in total. The Balaban J connectivity index is 2.28. The third-order valence-electron chi connectivity index (χ3n) is 2.45. The van der Waals surface area contributed by atoms with Crippen molar-refractivity contribution in [1.29, 1.82) is 0 Å². The van der Waals surface area contributed by atoms with Crippen LogP contribution in [0.5, 0.6) is 0 Å². The second-order valence-corrected chi connectivity index (χ2v) is 3.57. The summed E-state index contributed by atoms with van der Waals surface area (Å²) in [7, 11) is 3.91. The standard InChI is InChI=1S/C12H15N3/c1-13-9-10-3-5-11(6-4-10)12-7-8-14-15(12)2/h3-8,13H,9H2,1-2H3. The Morgan fingerprint density at radius 1 is 1.20 bits per heavy atom. The molecule has 1 aromatic carbocycles. The first-order valence-electron chi connectivity index (χ1n) is 5.03.